The first-order valence-corrected chi connectivity index (χ1v) is 13.8. The molecule has 2 saturated carbocycles. The van der Waals surface area contributed by atoms with Crippen LogP contribution in [0.5, 0.6) is 0 Å². The molecule has 0 radical (unpaired) electrons. The lowest BCUT2D eigenvalue weighted by Gasteiger charge is -2.43. The molecule has 0 spiro atoms. The molecule has 1 aliphatic heterocycles. The van der Waals surface area contributed by atoms with Crippen LogP contribution in [0.3, 0.4) is 0 Å². The van der Waals surface area contributed by atoms with Crippen molar-refractivity contribution in [3.05, 3.63) is 71.0 Å². The summed E-state index contributed by atoms with van der Waals surface area (Å²) in [5.41, 5.74) is 9.08. The van der Waals surface area contributed by atoms with E-state index in [0.29, 0.717) is 24.6 Å². The number of halogens is 1. The lowest BCUT2D eigenvalue weighted by molar-refractivity contribution is -0.128. The van der Waals surface area contributed by atoms with Crippen LogP contribution in [0.2, 0.25) is 0 Å². The van der Waals surface area contributed by atoms with Crippen LogP contribution in [0.1, 0.15) is 72.9 Å². The van der Waals surface area contributed by atoms with E-state index in [1.54, 1.807) is 4.90 Å². The molecule has 1 saturated heterocycles. The number of rotatable bonds is 7. The first kappa shape index (κ1) is 25.9. The number of hydrogen-bond donors (Lipinski definition) is 2. The third-order valence-electron chi connectivity index (χ3n) is 8.45. The van der Waals surface area contributed by atoms with Gasteiger partial charge in [-0.15, -0.1) is 0 Å². The molecule has 37 heavy (non-hydrogen) atoms. The van der Waals surface area contributed by atoms with Crippen LogP contribution in [-0.2, 0) is 11.3 Å². The number of likely N-dealkylation sites (tertiary alicyclic amines) is 1. The number of hydrogen-bond acceptors (Lipinski definition) is 4. The number of carbonyl (C=O) groups excluding carboxylic acids is 2. The van der Waals surface area contributed by atoms with Crippen molar-refractivity contribution in [3.63, 3.8) is 0 Å². The van der Waals surface area contributed by atoms with E-state index in [2.05, 4.69) is 41.4 Å². The molecule has 2 amide bonds. The first-order valence-electron chi connectivity index (χ1n) is 13.8. The zero-order chi connectivity index (χ0) is 25.9. The average Bonchev–Trinajstić information content (AvgIpc) is 3.75. The van der Waals surface area contributed by atoms with Crippen LogP contribution < -0.4 is 11.1 Å². The minimum Gasteiger partial charge on any atom is -0.352 e. The van der Waals surface area contributed by atoms with E-state index >= 15 is 0 Å². The maximum Gasteiger partial charge on any atom is 0.254 e. The molecule has 3 N–H and O–H groups in total. The van der Waals surface area contributed by atoms with E-state index in [1.165, 1.54) is 48.2 Å². The third-order valence-corrected chi connectivity index (χ3v) is 8.45. The number of carbonyl (C=O) groups is 2. The van der Waals surface area contributed by atoms with Crippen LogP contribution in [-0.4, -0.2) is 58.4 Å². The van der Waals surface area contributed by atoms with Gasteiger partial charge < -0.3 is 16.0 Å². The number of benzene rings is 2. The van der Waals surface area contributed by atoms with Crippen molar-refractivity contribution in [2.24, 2.45) is 5.73 Å². The first-order chi connectivity index (χ1) is 17.9. The summed E-state index contributed by atoms with van der Waals surface area (Å²) in [6.45, 7) is 3.52. The van der Waals surface area contributed by atoms with Crippen LogP contribution in [0, 0.1) is 12.7 Å². The Morgan fingerprint density at radius 3 is 2.35 bits per heavy atom. The van der Waals surface area contributed by atoms with E-state index in [0.717, 1.165) is 38.6 Å². The molecule has 7 heteroatoms. The zero-order valence-electron chi connectivity index (χ0n) is 21.7. The van der Waals surface area contributed by atoms with Gasteiger partial charge in [-0.25, -0.2) is 4.39 Å². The van der Waals surface area contributed by atoms with E-state index in [-0.39, 0.29) is 35.8 Å². The van der Waals surface area contributed by atoms with Crippen molar-refractivity contribution in [1.82, 2.24) is 15.1 Å². The summed E-state index contributed by atoms with van der Waals surface area (Å²) in [5.74, 6) is -0.662. The molecular weight excluding hydrogens is 467 g/mol. The highest BCUT2D eigenvalue weighted by Crippen LogP contribution is 2.35. The highest BCUT2D eigenvalue weighted by molar-refractivity contribution is 5.97. The second-order valence-corrected chi connectivity index (χ2v) is 11.1. The molecular formula is C30H39FN4O2. The van der Waals surface area contributed by atoms with Gasteiger partial charge >= 0.3 is 0 Å². The third kappa shape index (κ3) is 6.21. The number of amides is 2. The summed E-state index contributed by atoms with van der Waals surface area (Å²) >= 11 is 0. The van der Waals surface area contributed by atoms with Gasteiger partial charge in [-0.3, -0.25) is 14.5 Å². The van der Waals surface area contributed by atoms with Gasteiger partial charge in [0, 0.05) is 42.8 Å². The highest BCUT2D eigenvalue weighted by Gasteiger charge is 2.42. The molecule has 1 heterocycles. The monoisotopic (exact) mass is 506 g/mol. The smallest absolute Gasteiger partial charge is 0.254 e. The lowest BCUT2D eigenvalue weighted by atomic mass is 9.90. The summed E-state index contributed by atoms with van der Waals surface area (Å²) in [7, 11) is 0. The molecule has 2 aliphatic carbocycles. The van der Waals surface area contributed by atoms with Gasteiger partial charge in [-0.2, -0.15) is 0 Å². The zero-order valence-corrected chi connectivity index (χ0v) is 21.7. The number of aryl methyl sites for hydroxylation is 1. The van der Waals surface area contributed by atoms with E-state index < -0.39 is 6.04 Å². The Balaban J connectivity index is 1.36. The Morgan fingerprint density at radius 1 is 0.973 bits per heavy atom. The van der Waals surface area contributed by atoms with Gasteiger partial charge in [0.25, 0.3) is 5.91 Å². The molecule has 0 aromatic heterocycles. The Morgan fingerprint density at radius 2 is 1.68 bits per heavy atom. The minimum atomic E-state index is -0.551. The number of nitrogens with zero attached hydrogens (tertiary/aromatic N) is 2. The van der Waals surface area contributed by atoms with Crippen molar-refractivity contribution in [2.75, 3.05) is 6.54 Å². The van der Waals surface area contributed by atoms with Crippen LogP contribution >= 0.6 is 0 Å². The van der Waals surface area contributed by atoms with Crippen LogP contribution in [0.15, 0.2) is 48.5 Å². The van der Waals surface area contributed by atoms with Crippen molar-refractivity contribution in [2.45, 2.75) is 95.0 Å². The average molecular weight is 507 g/mol. The van der Waals surface area contributed by atoms with Gasteiger partial charge in [0.05, 0.1) is 0 Å². The molecule has 198 valence electrons. The van der Waals surface area contributed by atoms with Gasteiger partial charge in [0.15, 0.2) is 0 Å². The Labute approximate surface area is 219 Å². The predicted octanol–water partition coefficient (Wildman–Crippen LogP) is 4.16. The minimum absolute atomic E-state index is 0.0766. The SMILES string of the molecule is Cc1ccccc1CN(C1CC1)C1CCN(C(=O)c2ccc(F)cc2)[C@@H](C(=O)NC2CCC(N)CC2)C1. The van der Waals surface area contributed by atoms with Crippen molar-refractivity contribution in [3.8, 4) is 0 Å². The summed E-state index contributed by atoms with van der Waals surface area (Å²) in [6, 6.07) is 14.6. The van der Waals surface area contributed by atoms with Gasteiger partial charge in [0.2, 0.25) is 5.91 Å². The van der Waals surface area contributed by atoms with Crippen molar-refractivity contribution in [1.29, 1.82) is 0 Å². The number of nitrogens with one attached hydrogen (secondary N) is 1. The molecule has 3 aliphatic rings. The Kier molecular flexibility index (Phi) is 7.91. The quantitative estimate of drug-likeness (QED) is 0.591. The summed E-state index contributed by atoms with van der Waals surface area (Å²) < 4.78 is 13.5. The van der Waals surface area contributed by atoms with Crippen LogP contribution in [0.25, 0.3) is 0 Å². The van der Waals surface area contributed by atoms with E-state index in [9.17, 15) is 14.0 Å². The summed E-state index contributed by atoms with van der Waals surface area (Å²) in [4.78, 5) is 31.5. The van der Waals surface area contributed by atoms with Crippen molar-refractivity contribution < 1.29 is 14.0 Å². The lowest BCUT2D eigenvalue weighted by Crippen LogP contribution is -2.59. The fourth-order valence-electron chi connectivity index (χ4n) is 6.01. The molecule has 1 unspecified atom stereocenters. The topological polar surface area (TPSA) is 78.7 Å². The largest absolute Gasteiger partial charge is 0.352 e. The second kappa shape index (κ2) is 11.3. The van der Waals surface area contributed by atoms with Gasteiger partial charge in [0.1, 0.15) is 11.9 Å². The molecule has 0 bridgehead atoms. The second-order valence-electron chi connectivity index (χ2n) is 11.1. The molecule has 2 aromatic rings. The fourth-order valence-corrected chi connectivity index (χ4v) is 6.01. The Bertz CT molecular complexity index is 1100. The van der Waals surface area contributed by atoms with E-state index in [4.69, 9.17) is 5.73 Å². The Hall–Kier alpha value is -2.77. The molecule has 5 rings (SSSR count). The van der Waals surface area contributed by atoms with Gasteiger partial charge in [-0.1, -0.05) is 24.3 Å². The van der Waals surface area contributed by atoms with Crippen molar-refractivity contribution >= 4 is 11.8 Å². The molecule has 2 atom stereocenters. The molecule has 2 aromatic carbocycles. The standard InChI is InChI=1S/C30H39FN4O2/c1-20-4-2-3-5-22(20)19-35(26-14-15-26)27-16-17-34(30(37)21-6-8-23(31)9-7-21)28(18-27)29(36)33-25-12-10-24(32)11-13-25/h2-9,24-28H,10-19,32H2,1H3,(H,33,36)/t24?,25?,27?,28-/m1/s1. The maximum atomic E-state index is 13.7. The van der Waals surface area contributed by atoms with Gasteiger partial charge in [-0.05, 0) is 93.7 Å². The summed E-state index contributed by atoms with van der Waals surface area (Å²) in [6.07, 6.45) is 7.34. The number of nitrogens with two attached hydrogens (primary N) is 1. The van der Waals surface area contributed by atoms with Crippen LogP contribution in [0.4, 0.5) is 4.39 Å². The molecule has 3 fully saturated rings. The molecule has 6 nitrogen and oxygen atoms in total. The maximum absolute atomic E-state index is 13.7. The predicted molar refractivity (Wildman–Crippen MR) is 142 cm³/mol. The normalized spacial score (nSPS) is 26.2. The highest BCUT2D eigenvalue weighted by atomic mass is 19.1. The summed E-state index contributed by atoms with van der Waals surface area (Å²) in [5, 5.41) is 3.25. The fraction of sp³-hybridized carbons (Fsp3) is 0.533. The van der Waals surface area contributed by atoms with E-state index in [1.807, 2.05) is 0 Å². The number of piperidine rings is 1.